The number of aliphatic carboxylic acids is 1. The number of benzene rings is 1. The van der Waals surface area contributed by atoms with Gasteiger partial charge < -0.3 is 14.4 Å². The maximum absolute atomic E-state index is 9.40. The molecule has 0 saturated heterocycles. The van der Waals surface area contributed by atoms with Crippen molar-refractivity contribution < 1.29 is 14.4 Å². The molecule has 0 amide bonds. The van der Waals surface area contributed by atoms with Gasteiger partial charge in [-0.25, -0.2) is 0 Å². The molecule has 0 aliphatic heterocycles. The predicted octanol–water partition coefficient (Wildman–Crippen LogP) is 1.21. The molecule has 0 unspecified atom stereocenters. The minimum Gasteiger partial charge on any atom is -0.545 e. The maximum atomic E-state index is 9.40. The van der Waals surface area contributed by atoms with Gasteiger partial charge in [-0.1, -0.05) is 36.4 Å². The van der Waals surface area contributed by atoms with Gasteiger partial charge in [-0.2, -0.15) is 0 Å². The van der Waals surface area contributed by atoms with Gasteiger partial charge >= 0.3 is 0 Å². The van der Waals surface area contributed by atoms with Crippen molar-refractivity contribution in [3.63, 3.8) is 0 Å². The van der Waals surface area contributed by atoms with E-state index in [9.17, 15) is 9.90 Å². The number of carboxylic acid groups (broad SMARTS) is 1. The highest BCUT2D eigenvalue weighted by Crippen LogP contribution is 2.05. The van der Waals surface area contributed by atoms with Crippen LogP contribution in [0.15, 0.2) is 42.5 Å². The number of hydrogen-bond donors (Lipinski definition) is 0. The Labute approximate surface area is 104 Å². The molecule has 0 aliphatic rings. The Balaban J connectivity index is 0.000000366. The second-order valence-corrected chi connectivity index (χ2v) is 4.75. The van der Waals surface area contributed by atoms with Crippen molar-refractivity contribution in [3.05, 3.63) is 48.0 Å². The zero-order valence-electron chi connectivity index (χ0n) is 11.0. The number of quaternary nitrogens is 1. The zero-order valence-corrected chi connectivity index (χ0v) is 11.0. The summed E-state index contributed by atoms with van der Waals surface area (Å²) in [5.41, 5.74) is 1.40. The van der Waals surface area contributed by atoms with Gasteiger partial charge in [0.1, 0.15) is 6.54 Å². The lowest BCUT2D eigenvalue weighted by molar-refractivity contribution is -0.884. The molecule has 0 atom stereocenters. The van der Waals surface area contributed by atoms with Crippen LogP contribution in [-0.2, 0) is 11.3 Å². The Kier molecular flexibility index (Phi) is 6.91. The highest BCUT2D eigenvalue weighted by atomic mass is 16.4. The van der Waals surface area contributed by atoms with E-state index in [1.807, 2.05) is 0 Å². The Bertz CT molecular complexity index is 350. The summed E-state index contributed by atoms with van der Waals surface area (Å²) < 4.78 is 0.990. The van der Waals surface area contributed by atoms with Crippen LogP contribution in [0, 0.1) is 0 Å². The van der Waals surface area contributed by atoms with Crippen LogP contribution in [0.3, 0.4) is 0 Å². The van der Waals surface area contributed by atoms with E-state index in [1.54, 1.807) is 6.92 Å². The van der Waals surface area contributed by atoms with Crippen LogP contribution in [0.1, 0.15) is 12.5 Å². The summed E-state index contributed by atoms with van der Waals surface area (Å²) >= 11 is 0. The van der Waals surface area contributed by atoms with Gasteiger partial charge in [-0.05, 0) is 13.0 Å². The normalized spacial score (nSPS) is 10.8. The number of allylic oxidation sites excluding steroid dienone is 1. The monoisotopic (exact) mass is 235 g/mol. The van der Waals surface area contributed by atoms with E-state index < -0.39 is 5.97 Å². The molecule has 3 heteroatoms. The van der Waals surface area contributed by atoms with Crippen LogP contribution >= 0.6 is 0 Å². The molecule has 0 fully saturated rings. The van der Waals surface area contributed by atoms with Gasteiger partial charge in [0.05, 0.1) is 27.1 Å². The van der Waals surface area contributed by atoms with E-state index in [4.69, 9.17) is 0 Å². The van der Waals surface area contributed by atoms with Crippen molar-refractivity contribution in [2.24, 2.45) is 0 Å². The molecule has 0 saturated carbocycles. The third kappa shape index (κ3) is 10.7. The van der Waals surface area contributed by atoms with Gasteiger partial charge in [0.2, 0.25) is 0 Å². The van der Waals surface area contributed by atoms with Crippen molar-refractivity contribution in [1.29, 1.82) is 0 Å². The summed E-state index contributed by atoms with van der Waals surface area (Å²) in [6.07, 6.45) is 2.38. The second-order valence-electron chi connectivity index (χ2n) is 4.75. The number of rotatable bonds is 3. The summed E-state index contributed by atoms with van der Waals surface area (Å²) in [5.74, 6) is -1.14. The quantitative estimate of drug-likeness (QED) is 0.583. The van der Waals surface area contributed by atoms with Crippen molar-refractivity contribution in [1.82, 2.24) is 0 Å². The molecular formula is C14H21NO2. The van der Waals surface area contributed by atoms with Crippen molar-refractivity contribution in [2.75, 3.05) is 21.1 Å². The average molecular weight is 235 g/mol. The lowest BCUT2D eigenvalue weighted by Crippen LogP contribution is -2.33. The van der Waals surface area contributed by atoms with Gasteiger partial charge in [-0.15, -0.1) is 0 Å². The SMILES string of the molecule is CC=CC(=O)[O-].C[N+](C)(C)Cc1ccccc1. The van der Waals surface area contributed by atoms with Crippen LogP contribution in [0.2, 0.25) is 0 Å². The Morgan fingerprint density at radius 2 is 1.76 bits per heavy atom. The number of carbonyl (C=O) groups is 1. The molecule has 1 aromatic carbocycles. The summed E-state index contributed by atoms with van der Waals surface area (Å²) in [6.45, 7) is 2.72. The Morgan fingerprint density at radius 3 is 2.06 bits per heavy atom. The van der Waals surface area contributed by atoms with E-state index in [-0.39, 0.29) is 0 Å². The highest BCUT2D eigenvalue weighted by Gasteiger charge is 2.06. The van der Waals surface area contributed by atoms with Crippen LogP contribution in [0.5, 0.6) is 0 Å². The zero-order chi connectivity index (χ0) is 13.3. The van der Waals surface area contributed by atoms with E-state index >= 15 is 0 Å². The Hall–Kier alpha value is -1.61. The fourth-order valence-electron chi connectivity index (χ4n) is 1.27. The first-order chi connectivity index (χ1) is 7.85. The van der Waals surface area contributed by atoms with Gasteiger partial charge in [-0.3, -0.25) is 0 Å². The lowest BCUT2D eigenvalue weighted by atomic mass is 10.2. The molecule has 94 valence electrons. The molecule has 0 aromatic heterocycles. The molecule has 0 heterocycles. The van der Waals surface area contributed by atoms with Crippen molar-refractivity contribution >= 4 is 5.97 Å². The topological polar surface area (TPSA) is 40.1 Å². The number of carbonyl (C=O) groups excluding carboxylic acids is 1. The second kappa shape index (κ2) is 7.63. The number of carboxylic acids is 1. The molecule has 17 heavy (non-hydrogen) atoms. The summed E-state index contributed by atoms with van der Waals surface area (Å²) in [5, 5.41) is 9.40. The Morgan fingerprint density at radius 1 is 1.24 bits per heavy atom. The average Bonchev–Trinajstić information content (AvgIpc) is 2.17. The predicted molar refractivity (Wildman–Crippen MR) is 68.0 cm³/mol. The van der Waals surface area contributed by atoms with Crippen LogP contribution in [0.25, 0.3) is 0 Å². The molecule has 0 radical (unpaired) electrons. The minimum absolute atomic E-state index is 0.972. The van der Waals surface area contributed by atoms with Gasteiger partial charge in [0.15, 0.2) is 0 Å². The molecule has 1 rings (SSSR count). The standard InChI is InChI=1S/C10H16N.C4H6O2/c1-11(2,3)9-10-7-5-4-6-8-10;1-2-3-4(5)6/h4-8H,9H2,1-3H3;2-3H,1H3,(H,5,6)/q+1;/p-1. The van der Waals surface area contributed by atoms with Crippen molar-refractivity contribution in [3.8, 4) is 0 Å². The van der Waals surface area contributed by atoms with E-state index in [2.05, 4.69) is 51.5 Å². The van der Waals surface area contributed by atoms with Gasteiger partial charge in [0, 0.05) is 5.56 Å². The molecule has 1 aromatic rings. The lowest BCUT2D eigenvalue weighted by Gasteiger charge is -2.23. The summed E-state index contributed by atoms with van der Waals surface area (Å²) in [7, 11) is 6.60. The largest absolute Gasteiger partial charge is 0.545 e. The fourth-order valence-corrected chi connectivity index (χ4v) is 1.27. The van der Waals surface area contributed by atoms with Crippen molar-refractivity contribution in [2.45, 2.75) is 13.5 Å². The third-order valence-corrected chi connectivity index (χ3v) is 1.80. The highest BCUT2D eigenvalue weighted by molar-refractivity contribution is 5.77. The van der Waals surface area contributed by atoms with E-state index in [0.29, 0.717) is 0 Å². The number of nitrogens with zero attached hydrogens (tertiary/aromatic N) is 1. The third-order valence-electron chi connectivity index (χ3n) is 1.80. The summed E-state index contributed by atoms with van der Waals surface area (Å²) in [6, 6.07) is 10.6. The smallest absolute Gasteiger partial charge is 0.104 e. The van der Waals surface area contributed by atoms with Gasteiger partial charge in [0.25, 0.3) is 0 Å². The molecule has 0 aliphatic carbocycles. The minimum atomic E-state index is -1.14. The summed E-state index contributed by atoms with van der Waals surface area (Å²) in [4.78, 5) is 9.40. The van der Waals surface area contributed by atoms with E-state index in [0.717, 1.165) is 17.1 Å². The van der Waals surface area contributed by atoms with Crippen LogP contribution < -0.4 is 5.11 Å². The molecular weight excluding hydrogens is 214 g/mol. The first-order valence-electron chi connectivity index (χ1n) is 5.53. The van der Waals surface area contributed by atoms with E-state index in [1.165, 1.54) is 11.6 Å². The van der Waals surface area contributed by atoms with Crippen LogP contribution in [-0.4, -0.2) is 31.6 Å². The molecule has 0 spiro atoms. The maximum Gasteiger partial charge on any atom is 0.104 e. The fraction of sp³-hybridized carbons (Fsp3) is 0.357. The first-order valence-corrected chi connectivity index (χ1v) is 5.53. The first kappa shape index (κ1) is 15.4. The molecule has 3 nitrogen and oxygen atoms in total. The molecule has 0 N–H and O–H groups in total. The molecule has 0 bridgehead atoms. The number of hydrogen-bond acceptors (Lipinski definition) is 2. The van der Waals surface area contributed by atoms with Crippen LogP contribution in [0.4, 0.5) is 0 Å².